The first-order valence-corrected chi connectivity index (χ1v) is 9.57. The highest BCUT2D eigenvalue weighted by atomic mass is 35.5. The smallest absolute Gasteiger partial charge is 0.144 e. The highest BCUT2D eigenvalue weighted by Crippen LogP contribution is 2.39. The average molecular weight is 433 g/mol. The Hall–Kier alpha value is -2.70. The Morgan fingerprint density at radius 1 is 1.00 bits per heavy atom. The first kappa shape index (κ1) is 21.0. The zero-order valence-electron chi connectivity index (χ0n) is 16.4. The summed E-state index contributed by atoms with van der Waals surface area (Å²) in [6.45, 7) is 6.93. The third-order valence-corrected chi connectivity index (χ3v) is 4.70. The van der Waals surface area contributed by atoms with Crippen LogP contribution >= 0.6 is 24.0 Å². The monoisotopic (exact) mass is 432 g/mol. The molecule has 0 atom stereocenters. The second kappa shape index (κ2) is 8.76. The Labute approximate surface area is 180 Å². The minimum Gasteiger partial charge on any atom is -0.492 e. The number of H-pyrrole nitrogens is 1. The maximum absolute atomic E-state index is 6.35. The van der Waals surface area contributed by atoms with Crippen LogP contribution in [0.25, 0.3) is 21.9 Å². The van der Waals surface area contributed by atoms with Gasteiger partial charge in [-0.3, -0.25) is 0 Å². The van der Waals surface area contributed by atoms with Gasteiger partial charge in [0.2, 0.25) is 0 Å². The predicted octanol–water partition coefficient (Wildman–Crippen LogP) is 6.04. The van der Waals surface area contributed by atoms with Gasteiger partial charge in [-0.25, -0.2) is 9.97 Å². The highest BCUT2D eigenvalue weighted by molar-refractivity contribution is 6.32. The Morgan fingerprint density at radius 2 is 1.76 bits per heavy atom. The van der Waals surface area contributed by atoms with Crippen LogP contribution in [0, 0.1) is 6.92 Å². The Kier molecular flexibility index (Phi) is 6.35. The summed E-state index contributed by atoms with van der Waals surface area (Å²) in [5.41, 5.74) is 5.37. The van der Waals surface area contributed by atoms with Gasteiger partial charge in [0, 0.05) is 28.7 Å². The first-order valence-electron chi connectivity index (χ1n) is 9.20. The minimum absolute atomic E-state index is 0. The topological polar surface area (TPSA) is 72.1 Å². The number of rotatable bonds is 6. The van der Waals surface area contributed by atoms with Crippen molar-refractivity contribution in [2.75, 3.05) is 18.5 Å². The molecule has 4 rings (SSSR count). The summed E-state index contributed by atoms with van der Waals surface area (Å²) in [7, 11) is 0. The van der Waals surface area contributed by atoms with Gasteiger partial charge in [0.1, 0.15) is 23.3 Å². The number of aromatic nitrogens is 3. The number of pyridine rings is 1. The van der Waals surface area contributed by atoms with Crippen LogP contribution in [-0.4, -0.2) is 28.2 Å². The summed E-state index contributed by atoms with van der Waals surface area (Å²) >= 11 is 6.35. The van der Waals surface area contributed by atoms with E-state index in [2.05, 4.69) is 20.3 Å². The zero-order valence-corrected chi connectivity index (χ0v) is 17.9. The van der Waals surface area contributed by atoms with Crippen molar-refractivity contribution in [3.05, 3.63) is 47.4 Å². The van der Waals surface area contributed by atoms with E-state index in [0.29, 0.717) is 29.7 Å². The van der Waals surface area contributed by atoms with Crippen LogP contribution in [0.2, 0.25) is 5.02 Å². The summed E-state index contributed by atoms with van der Waals surface area (Å²) in [6.07, 6.45) is 1.58. The zero-order chi connectivity index (χ0) is 19.7. The normalized spacial score (nSPS) is 10.8. The molecular weight excluding hydrogens is 411 g/mol. The van der Waals surface area contributed by atoms with Gasteiger partial charge in [-0.2, -0.15) is 0 Å². The lowest BCUT2D eigenvalue weighted by Crippen LogP contribution is -2.01. The van der Waals surface area contributed by atoms with Crippen LogP contribution in [0.1, 0.15) is 19.5 Å². The fourth-order valence-electron chi connectivity index (χ4n) is 3.30. The predicted molar refractivity (Wildman–Crippen MR) is 120 cm³/mol. The molecule has 0 amide bonds. The molecule has 6 nitrogen and oxygen atoms in total. The first-order chi connectivity index (χ1) is 13.6. The largest absolute Gasteiger partial charge is 0.492 e. The Balaban J connectivity index is 0.00000240. The third kappa shape index (κ3) is 4.04. The molecule has 0 bridgehead atoms. The lowest BCUT2D eigenvalue weighted by Gasteiger charge is -2.17. The van der Waals surface area contributed by atoms with Gasteiger partial charge in [0.05, 0.1) is 35.1 Å². The van der Waals surface area contributed by atoms with Crippen molar-refractivity contribution < 1.29 is 9.47 Å². The van der Waals surface area contributed by atoms with E-state index in [1.807, 2.05) is 45.0 Å². The SMILES string of the molecule is CCOc1cc(Nc2cc(C)[nH]c3ccc4ncnc4c23)c(OCC)cc1Cl.Cl. The van der Waals surface area contributed by atoms with E-state index in [9.17, 15) is 0 Å². The maximum atomic E-state index is 6.35. The molecule has 152 valence electrons. The Morgan fingerprint density at radius 3 is 2.52 bits per heavy atom. The number of fused-ring (bicyclic) bond motifs is 3. The number of aryl methyl sites for hydroxylation is 1. The number of halogens is 2. The molecule has 2 heterocycles. The minimum atomic E-state index is 0. The molecule has 0 aliphatic carbocycles. The van der Waals surface area contributed by atoms with E-state index in [1.54, 1.807) is 12.4 Å². The number of imidazole rings is 1. The number of aromatic amines is 1. The fourth-order valence-corrected chi connectivity index (χ4v) is 3.50. The van der Waals surface area contributed by atoms with Crippen molar-refractivity contribution >= 4 is 57.3 Å². The van der Waals surface area contributed by atoms with Crippen LogP contribution in [0.5, 0.6) is 11.5 Å². The van der Waals surface area contributed by atoms with E-state index in [1.165, 1.54) is 0 Å². The molecule has 2 N–H and O–H groups in total. The number of hydrogen-bond acceptors (Lipinski definition) is 5. The second-order valence-corrected chi connectivity index (χ2v) is 6.77. The van der Waals surface area contributed by atoms with Gasteiger partial charge in [-0.15, -0.1) is 12.4 Å². The molecule has 0 fully saturated rings. The number of ether oxygens (including phenoxy) is 2. The molecule has 4 aromatic rings. The molecule has 0 saturated carbocycles. The molecule has 8 heteroatoms. The van der Waals surface area contributed by atoms with Crippen molar-refractivity contribution in [3.8, 4) is 11.5 Å². The number of hydrogen-bond donors (Lipinski definition) is 2. The van der Waals surface area contributed by atoms with Crippen LogP contribution in [0.15, 0.2) is 36.7 Å². The summed E-state index contributed by atoms with van der Waals surface area (Å²) < 4.78 is 11.5. The van der Waals surface area contributed by atoms with Gasteiger partial charge < -0.3 is 19.8 Å². The van der Waals surface area contributed by atoms with Crippen LogP contribution < -0.4 is 14.8 Å². The number of nitrogens with zero attached hydrogens (tertiary/aromatic N) is 2. The van der Waals surface area contributed by atoms with E-state index in [-0.39, 0.29) is 12.4 Å². The standard InChI is InChI=1S/C21H21ClN4O2.ClH/c1-4-27-18-10-16(19(28-5-2)9-13(18)22)26-17-8-12(3)25-14-6-7-15-21(20(14)17)24-11-23-15;/h6-11,25-26H,4-5H2,1-3H3;1H. The van der Waals surface area contributed by atoms with Crippen LogP contribution in [0.3, 0.4) is 0 Å². The van der Waals surface area contributed by atoms with Gasteiger partial charge in [-0.05, 0) is 39.0 Å². The summed E-state index contributed by atoms with van der Waals surface area (Å²) in [6, 6.07) is 9.67. The number of anilines is 2. The van der Waals surface area contributed by atoms with Crippen LogP contribution in [-0.2, 0) is 0 Å². The second-order valence-electron chi connectivity index (χ2n) is 6.37. The molecular formula is C21H22Cl2N4O2. The van der Waals surface area contributed by atoms with Gasteiger partial charge in [0.15, 0.2) is 0 Å². The molecule has 2 aromatic heterocycles. The van der Waals surface area contributed by atoms with Gasteiger partial charge >= 0.3 is 0 Å². The molecule has 29 heavy (non-hydrogen) atoms. The molecule has 0 aliphatic rings. The molecule has 0 aliphatic heterocycles. The molecule has 0 radical (unpaired) electrons. The van der Waals surface area contributed by atoms with E-state index < -0.39 is 0 Å². The van der Waals surface area contributed by atoms with Crippen molar-refractivity contribution in [1.29, 1.82) is 0 Å². The van der Waals surface area contributed by atoms with Crippen molar-refractivity contribution in [3.63, 3.8) is 0 Å². The summed E-state index contributed by atoms with van der Waals surface area (Å²) in [4.78, 5) is 12.2. The van der Waals surface area contributed by atoms with Gasteiger partial charge in [0.25, 0.3) is 0 Å². The third-order valence-electron chi connectivity index (χ3n) is 4.41. The fraction of sp³-hybridized carbons (Fsp3) is 0.238. The maximum Gasteiger partial charge on any atom is 0.144 e. The van der Waals surface area contributed by atoms with E-state index in [0.717, 1.165) is 39.0 Å². The molecule has 0 unspecified atom stereocenters. The summed E-state index contributed by atoms with van der Waals surface area (Å²) in [5, 5.41) is 4.98. The van der Waals surface area contributed by atoms with Crippen LogP contribution in [0.4, 0.5) is 11.4 Å². The highest BCUT2D eigenvalue weighted by Gasteiger charge is 2.15. The van der Waals surface area contributed by atoms with Gasteiger partial charge in [-0.1, -0.05) is 11.6 Å². The van der Waals surface area contributed by atoms with E-state index >= 15 is 0 Å². The quantitative estimate of drug-likeness (QED) is 0.388. The molecule has 2 aromatic carbocycles. The Bertz CT molecular complexity index is 1160. The number of nitrogens with one attached hydrogen (secondary N) is 2. The lowest BCUT2D eigenvalue weighted by atomic mass is 10.1. The average Bonchev–Trinajstić information content (AvgIpc) is 3.14. The number of benzene rings is 2. The van der Waals surface area contributed by atoms with E-state index in [4.69, 9.17) is 21.1 Å². The van der Waals surface area contributed by atoms with Crippen molar-refractivity contribution in [1.82, 2.24) is 15.0 Å². The van der Waals surface area contributed by atoms with Crippen molar-refractivity contribution in [2.24, 2.45) is 0 Å². The molecule has 0 saturated heterocycles. The van der Waals surface area contributed by atoms with Crippen molar-refractivity contribution in [2.45, 2.75) is 20.8 Å². The lowest BCUT2D eigenvalue weighted by molar-refractivity contribution is 0.332. The molecule has 0 spiro atoms. The summed E-state index contributed by atoms with van der Waals surface area (Å²) in [5.74, 6) is 1.27.